The van der Waals surface area contributed by atoms with E-state index in [0.717, 1.165) is 10.2 Å². The van der Waals surface area contributed by atoms with Gasteiger partial charge in [0.05, 0.1) is 4.47 Å². The molecule has 1 aliphatic heterocycles. The van der Waals surface area contributed by atoms with E-state index < -0.39 is 0 Å². The van der Waals surface area contributed by atoms with E-state index in [1.54, 1.807) is 12.4 Å². The minimum absolute atomic E-state index is 0.610. The molecule has 5 heteroatoms. The van der Waals surface area contributed by atoms with E-state index in [4.69, 9.17) is 0 Å². The monoisotopic (exact) mass is 332 g/mol. The normalized spacial score (nSPS) is 15.2. The molecule has 20 heavy (non-hydrogen) atoms. The molecule has 1 aromatic carbocycles. The summed E-state index contributed by atoms with van der Waals surface area (Å²) in [4.78, 5) is 10.9. The first-order valence-electron chi connectivity index (χ1n) is 6.91. The summed E-state index contributed by atoms with van der Waals surface area (Å²) in [5.41, 5.74) is 2.31. The average Bonchev–Trinajstić information content (AvgIpc) is 2.51. The van der Waals surface area contributed by atoms with Gasteiger partial charge < -0.3 is 10.2 Å². The SMILES string of the molecule is Brc1cnc(Nc2ccc(N3CCCCC3)cc2)nc1. The average molecular weight is 333 g/mol. The van der Waals surface area contributed by atoms with Crippen LogP contribution in [-0.2, 0) is 0 Å². The van der Waals surface area contributed by atoms with Gasteiger partial charge >= 0.3 is 0 Å². The Morgan fingerprint density at radius 1 is 0.950 bits per heavy atom. The molecule has 104 valence electrons. The van der Waals surface area contributed by atoms with E-state index in [1.807, 2.05) is 0 Å². The fourth-order valence-electron chi connectivity index (χ4n) is 2.41. The van der Waals surface area contributed by atoms with Gasteiger partial charge in [-0.15, -0.1) is 0 Å². The fourth-order valence-corrected chi connectivity index (χ4v) is 2.62. The van der Waals surface area contributed by atoms with Crippen LogP contribution in [0.5, 0.6) is 0 Å². The molecule has 0 radical (unpaired) electrons. The Labute approximate surface area is 127 Å². The van der Waals surface area contributed by atoms with Crippen LogP contribution in [0.2, 0.25) is 0 Å². The summed E-state index contributed by atoms with van der Waals surface area (Å²) < 4.78 is 0.878. The van der Waals surface area contributed by atoms with E-state index >= 15 is 0 Å². The first kappa shape index (κ1) is 13.4. The minimum atomic E-state index is 0.610. The van der Waals surface area contributed by atoms with Gasteiger partial charge in [-0.2, -0.15) is 0 Å². The third kappa shape index (κ3) is 3.28. The molecule has 2 heterocycles. The zero-order chi connectivity index (χ0) is 13.8. The highest BCUT2D eigenvalue weighted by Gasteiger charge is 2.10. The van der Waals surface area contributed by atoms with E-state index in [1.165, 1.54) is 38.0 Å². The third-order valence-electron chi connectivity index (χ3n) is 3.46. The molecule has 4 nitrogen and oxygen atoms in total. The van der Waals surface area contributed by atoms with Crippen molar-refractivity contribution in [2.75, 3.05) is 23.3 Å². The van der Waals surface area contributed by atoms with E-state index in [2.05, 4.69) is 60.4 Å². The lowest BCUT2D eigenvalue weighted by Crippen LogP contribution is -2.29. The second-order valence-electron chi connectivity index (χ2n) is 4.94. The van der Waals surface area contributed by atoms with Crippen LogP contribution in [0.15, 0.2) is 41.1 Å². The molecular weight excluding hydrogens is 316 g/mol. The Morgan fingerprint density at radius 2 is 1.60 bits per heavy atom. The van der Waals surface area contributed by atoms with Crippen LogP contribution in [0, 0.1) is 0 Å². The minimum Gasteiger partial charge on any atom is -0.372 e. The van der Waals surface area contributed by atoms with Crippen molar-refractivity contribution >= 4 is 33.3 Å². The molecule has 1 aromatic heterocycles. The number of aromatic nitrogens is 2. The van der Waals surface area contributed by atoms with E-state index in [9.17, 15) is 0 Å². The van der Waals surface area contributed by atoms with Gasteiger partial charge in [-0.3, -0.25) is 0 Å². The molecular formula is C15H17BrN4. The summed E-state index contributed by atoms with van der Waals surface area (Å²) in [5, 5.41) is 3.20. The molecule has 3 rings (SSSR count). The molecule has 0 atom stereocenters. The molecule has 0 amide bonds. The zero-order valence-corrected chi connectivity index (χ0v) is 12.8. The highest BCUT2D eigenvalue weighted by Crippen LogP contribution is 2.22. The summed E-state index contributed by atoms with van der Waals surface area (Å²) in [5.74, 6) is 0.610. The van der Waals surface area contributed by atoms with Crippen molar-refractivity contribution in [3.8, 4) is 0 Å². The molecule has 1 N–H and O–H groups in total. The number of nitrogens with zero attached hydrogens (tertiary/aromatic N) is 3. The molecule has 0 unspecified atom stereocenters. The predicted molar refractivity (Wildman–Crippen MR) is 85.5 cm³/mol. The first-order valence-corrected chi connectivity index (χ1v) is 7.70. The molecule has 1 fully saturated rings. The Hall–Kier alpha value is -1.62. The lowest BCUT2D eigenvalue weighted by Gasteiger charge is -2.28. The Morgan fingerprint density at radius 3 is 2.25 bits per heavy atom. The summed E-state index contributed by atoms with van der Waals surface area (Å²) in [7, 11) is 0. The molecule has 0 saturated carbocycles. The Bertz CT molecular complexity index is 547. The Balaban J connectivity index is 1.67. The number of nitrogens with one attached hydrogen (secondary N) is 1. The van der Waals surface area contributed by atoms with Crippen LogP contribution >= 0.6 is 15.9 Å². The maximum Gasteiger partial charge on any atom is 0.227 e. The molecule has 2 aromatic rings. The number of hydrogen-bond acceptors (Lipinski definition) is 4. The fraction of sp³-hybridized carbons (Fsp3) is 0.333. The lowest BCUT2D eigenvalue weighted by atomic mass is 10.1. The van der Waals surface area contributed by atoms with Crippen LogP contribution < -0.4 is 10.2 Å². The topological polar surface area (TPSA) is 41.1 Å². The largest absolute Gasteiger partial charge is 0.372 e. The number of halogens is 1. The van der Waals surface area contributed by atoms with Crippen LogP contribution in [0.25, 0.3) is 0 Å². The summed E-state index contributed by atoms with van der Waals surface area (Å²) in [6, 6.07) is 8.48. The second kappa shape index (κ2) is 6.22. The van der Waals surface area contributed by atoms with Gasteiger partial charge in [-0.25, -0.2) is 9.97 Å². The molecule has 0 bridgehead atoms. The van der Waals surface area contributed by atoms with Gasteiger partial charge in [0.25, 0.3) is 0 Å². The van der Waals surface area contributed by atoms with Crippen LogP contribution in [-0.4, -0.2) is 23.1 Å². The van der Waals surface area contributed by atoms with Gasteiger partial charge in [0.1, 0.15) is 0 Å². The maximum atomic E-state index is 4.21. The van der Waals surface area contributed by atoms with Crippen molar-refractivity contribution in [1.82, 2.24) is 9.97 Å². The number of anilines is 3. The summed E-state index contributed by atoms with van der Waals surface area (Å²) in [6.07, 6.45) is 7.42. The van der Waals surface area contributed by atoms with Crippen molar-refractivity contribution in [3.63, 3.8) is 0 Å². The molecule has 0 aliphatic carbocycles. The van der Waals surface area contributed by atoms with Crippen LogP contribution in [0.1, 0.15) is 19.3 Å². The van der Waals surface area contributed by atoms with Gasteiger partial charge in [0.15, 0.2) is 0 Å². The van der Waals surface area contributed by atoms with Gasteiger partial charge in [-0.05, 0) is 59.5 Å². The van der Waals surface area contributed by atoms with Crippen LogP contribution in [0.4, 0.5) is 17.3 Å². The number of benzene rings is 1. The number of rotatable bonds is 3. The summed E-state index contributed by atoms with van der Waals surface area (Å²) in [6.45, 7) is 2.34. The summed E-state index contributed by atoms with van der Waals surface area (Å²) >= 11 is 3.33. The van der Waals surface area contributed by atoms with Crippen molar-refractivity contribution in [2.24, 2.45) is 0 Å². The quantitative estimate of drug-likeness (QED) is 0.923. The number of hydrogen-bond donors (Lipinski definition) is 1. The standard InChI is InChI=1S/C15H17BrN4/c16-12-10-17-15(18-11-12)19-13-4-6-14(7-5-13)20-8-2-1-3-9-20/h4-7,10-11H,1-3,8-9H2,(H,17,18,19). The smallest absolute Gasteiger partial charge is 0.227 e. The van der Waals surface area contributed by atoms with Crippen molar-refractivity contribution in [2.45, 2.75) is 19.3 Å². The van der Waals surface area contributed by atoms with Gasteiger partial charge in [0.2, 0.25) is 5.95 Å². The van der Waals surface area contributed by atoms with Gasteiger partial charge in [0, 0.05) is 36.9 Å². The molecule has 0 spiro atoms. The Kier molecular flexibility index (Phi) is 4.16. The second-order valence-corrected chi connectivity index (χ2v) is 5.86. The zero-order valence-electron chi connectivity index (χ0n) is 11.2. The predicted octanol–water partition coefficient (Wildman–Crippen LogP) is 3.97. The van der Waals surface area contributed by atoms with Crippen molar-refractivity contribution in [3.05, 3.63) is 41.1 Å². The molecule has 1 saturated heterocycles. The molecule has 1 aliphatic rings. The van der Waals surface area contributed by atoms with Crippen molar-refractivity contribution in [1.29, 1.82) is 0 Å². The third-order valence-corrected chi connectivity index (χ3v) is 3.87. The number of piperidine rings is 1. The first-order chi connectivity index (χ1) is 9.81. The maximum absolute atomic E-state index is 4.21. The van der Waals surface area contributed by atoms with Gasteiger partial charge in [-0.1, -0.05) is 0 Å². The highest BCUT2D eigenvalue weighted by molar-refractivity contribution is 9.10. The van der Waals surface area contributed by atoms with E-state index in [-0.39, 0.29) is 0 Å². The van der Waals surface area contributed by atoms with Crippen molar-refractivity contribution < 1.29 is 0 Å². The van der Waals surface area contributed by atoms with E-state index in [0.29, 0.717) is 5.95 Å². The lowest BCUT2D eigenvalue weighted by molar-refractivity contribution is 0.578. The highest BCUT2D eigenvalue weighted by atomic mass is 79.9. The van der Waals surface area contributed by atoms with Crippen LogP contribution in [0.3, 0.4) is 0 Å².